The Hall–Kier alpha value is -1.76. The lowest BCUT2D eigenvalue weighted by atomic mass is 10.1. The molecule has 17 heavy (non-hydrogen) atoms. The van der Waals surface area contributed by atoms with Crippen LogP contribution in [0.25, 0.3) is 0 Å². The molecule has 0 saturated carbocycles. The van der Waals surface area contributed by atoms with Crippen LogP contribution in [0.3, 0.4) is 0 Å². The van der Waals surface area contributed by atoms with Crippen molar-refractivity contribution in [1.82, 2.24) is 4.98 Å². The minimum Gasteiger partial charge on any atom is -0.478 e. The van der Waals surface area contributed by atoms with Gasteiger partial charge < -0.3 is 10.2 Å². The quantitative estimate of drug-likeness (QED) is 0.817. The lowest BCUT2D eigenvalue weighted by Crippen LogP contribution is -2.17. The summed E-state index contributed by atoms with van der Waals surface area (Å²) in [4.78, 5) is 24.5. The van der Waals surface area contributed by atoms with E-state index in [9.17, 15) is 18.4 Å². The standard InChI is InChI=1S/C9H6ClF2NO4/c1-3-2-4(7(14)15)5(8(16)17)13-6(3)9(10,11)12/h2H,1H3,(H,14,15)(H,16,17). The third-order valence-corrected chi connectivity index (χ3v) is 2.09. The Morgan fingerprint density at radius 3 is 2.24 bits per heavy atom. The maximum atomic E-state index is 12.9. The number of nitrogens with zero attached hydrogens (tertiary/aromatic N) is 1. The summed E-state index contributed by atoms with van der Waals surface area (Å²) in [7, 11) is 0. The molecule has 8 heteroatoms. The van der Waals surface area contributed by atoms with E-state index >= 15 is 0 Å². The molecule has 0 bridgehead atoms. The molecule has 0 unspecified atom stereocenters. The van der Waals surface area contributed by atoms with Gasteiger partial charge >= 0.3 is 17.3 Å². The van der Waals surface area contributed by atoms with Crippen LogP contribution in [0.5, 0.6) is 0 Å². The summed E-state index contributed by atoms with van der Waals surface area (Å²) in [5, 5.41) is 13.5. The van der Waals surface area contributed by atoms with E-state index in [1.54, 1.807) is 0 Å². The van der Waals surface area contributed by atoms with Gasteiger partial charge in [0, 0.05) is 0 Å². The van der Waals surface area contributed by atoms with E-state index in [2.05, 4.69) is 4.98 Å². The summed E-state index contributed by atoms with van der Waals surface area (Å²) in [5.74, 6) is -3.29. The van der Waals surface area contributed by atoms with Crippen LogP contribution in [-0.4, -0.2) is 27.1 Å². The van der Waals surface area contributed by atoms with E-state index in [4.69, 9.17) is 21.8 Å². The number of aryl methyl sites for hydroxylation is 1. The molecular weight excluding hydrogens is 260 g/mol. The minimum absolute atomic E-state index is 0.201. The Morgan fingerprint density at radius 1 is 1.35 bits per heavy atom. The fourth-order valence-corrected chi connectivity index (χ4v) is 1.42. The predicted octanol–water partition coefficient (Wildman–Crippen LogP) is 2.07. The molecule has 1 heterocycles. The van der Waals surface area contributed by atoms with Crippen molar-refractivity contribution in [2.45, 2.75) is 12.3 Å². The summed E-state index contributed by atoms with van der Waals surface area (Å²) < 4.78 is 25.7. The molecule has 0 amide bonds. The fraction of sp³-hybridized carbons (Fsp3) is 0.222. The van der Waals surface area contributed by atoms with Gasteiger partial charge in [-0.25, -0.2) is 14.6 Å². The molecule has 0 aliphatic rings. The van der Waals surface area contributed by atoms with E-state index in [0.29, 0.717) is 0 Å². The molecule has 0 spiro atoms. The highest BCUT2D eigenvalue weighted by Crippen LogP contribution is 2.33. The van der Waals surface area contributed by atoms with Crippen molar-refractivity contribution in [3.05, 3.63) is 28.6 Å². The van der Waals surface area contributed by atoms with Crippen molar-refractivity contribution in [2.24, 2.45) is 0 Å². The highest BCUT2D eigenvalue weighted by molar-refractivity contribution is 6.21. The van der Waals surface area contributed by atoms with Crippen LogP contribution in [0.15, 0.2) is 6.07 Å². The van der Waals surface area contributed by atoms with Crippen molar-refractivity contribution in [3.63, 3.8) is 0 Å². The number of carboxylic acid groups (broad SMARTS) is 2. The summed E-state index contributed by atoms with van der Waals surface area (Å²) in [6.45, 7) is 1.16. The number of rotatable bonds is 3. The topological polar surface area (TPSA) is 87.5 Å². The molecule has 92 valence electrons. The van der Waals surface area contributed by atoms with Gasteiger partial charge in [0.15, 0.2) is 5.69 Å². The van der Waals surface area contributed by atoms with Gasteiger partial charge in [0.05, 0.1) is 5.56 Å². The van der Waals surface area contributed by atoms with Crippen LogP contribution in [0, 0.1) is 6.92 Å². The zero-order chi connectivity index (χ0) is 13.4. The number of alkyl halides is 3. The van der Waals surface area contributed by atoms with Gasteiger partial charge in [-0.2, -0.15) is 8.78 Å². The van der Waals surface area contributed by atoms with Gasteiger partial charge in [0.1, 0.15) is 5.69 Å². The third kappa shape index (κ3) is 2.68. The van der Waals surface area contributed by atoms with E-state index in [0.717, 1.165) is 13.0 Å². The smallest absolute Gasteiger partial charge is 0.365 e. The van der Waals surface area contributed by atoms with Gasteiger partial charge in [-0.15, -0.1) is 0 Å². The number of aromatic carboxylic acids is 2. The first-order chi connectivity index (χ1) is 7.64. The minimum atomic E-state index is -3.86. The number of halogens is 3. The summed E-state index contributed by atoms with van der Waals surface area (Å²) in [5.41, 5.74) is -2.81. The predicted molar refractivity (Wildman–Crippen MR) is 52.6 cm³/mol. The van der Waals surface area contributed by atoms with Crippen LogP contribution in [-0.2, 0) is 5.38 Å². The Morgan fingerprint density at radius 2 is 1.88 bits per heavy atom. The zero-order valence-electron chi connectivity index (χ0n) is 8.37. The fourth-order valence-electron chi connectivity index (χ4n) is 1.23. The summed E-state index contributed by atoms with van der Waals surface area (Å²) in [6.07, 6.45) is 0. The Balaban J connectivity index is 3.57. The third-order valence-electron chi connectivity index (χ3n) is 1.91. The van der Waals surface area contributed by atoms with Crippen LogP contribution < -0.4 is 0 Å². The normalized spacial score (nSPS) is 11.3. The molecule has 5 nitrogen and oxygen atoms in total. The van der Waals surface area contributed by atoms with Crippen LogP contribution in [0.1, 0.15) is 32.1 Å². The van der Waals surface area contributed by atoms with Crippen molar-refractivity contribution in [3.8, 4) is 0 Å². The molecule has 1 rings (SSSR count). The summed E-state index contributed by atoms with van der Waals surface area (Å²) in [6, 6.07) is 0.796. The second-order valence-corrected chi connectivity index (χ2v) is 3.63. The molecule has 0 saturated heterocycles. The van der Waals surface area contributed by atoms with Crippen molar-refractivity contribution in [1.29, 1.82) is 0 Å². The average molecular weight is 266 g/mol. The Kier molecular flexibility index (Phi) is 3.33. The molecule has 0 atom stereocenters. The largest absolute Gasteiger partial charge is 0.478 e. The Bertz CT molecular complexity index is 499. The van der Waals surface area contributed by atoms with Crippen LogP contribution >= 0.6 is 11.6 Å². The molecule has 0 aliphatic carbocycles. The van der Waals surface area contributed by atoms with Gasteiger partial charge in [-0.05, 0) is 30.2 Å². The lowest BCUT2D eigenvalue weighted by molar-refractivity contribution is 0.0638. The highest BCUT2D eigenvalue weighted by atomic mass is 35.5. The van der Waals surface area contributed by atoms with Gasteiger partial charge in [0.2, 0.25) is 0 Å². The first kappa shape index (κ1) is 13.3. The number of pyridine rings is 1. The zero-order valence-corrected chi connectivity index (χ0v) is 9.13. The van der Waals surface area contributed by atoms with E-state index in [1.165, 1.54) is 0 Å². The van der Waals surface area contributed by atoms with Crippen molar-refractivity contribution >= 4 is 23.5 Å². The van der Waals surface area contributed by atoms with E-state index in [-0.39, 0.29) is 5.56 Å². The van der Waals surface area contributed by atoms with Crippen LogP contribution in [0.2, 0.25) is 0 Å². The SMILES string of the molecule is Cc1cc(C(=O)O)c(C(=O)O)nc1C(F)(F)Cl. The van der Waals surface area contributed by atoms with Gasteiger partial charge in [0.25, 0.3) is 0 Å². The number of aromatic nitrogens is 1. The van der Waals surface area contributed by atoms with Crippen molar-refractivity contribution in [2.75, 3.05) is 0 Å². The van der Waals surface area contributed by atoms with Gasteiger partial charge in [-0.1, -0.05) is 0 Å². The first-order valence-corrected chi connectivity index (χ1v) is 4.57. The molecule has 0 aromatic carbocycles. The molecular formula is C9H6ClF2NO4. The number of carbonyl (C=O) groups is 2. The first-order valence-electron chi connectivity index (χ1n) is 4.20. The molecule has 2 N–H and O–H groups in total. The highest BCUT2D eigenvalue weighted by Gasteiger charge is 2.34. The van der Waals surface area contributed by atoms with Gasteiger partial charge in [-0.3, -0.25) is 0 Å². The number of hydrogen-bond acceptors (Lipinski definition) is 3. The van der Waals surface area contributed by atoms with Crippen LogP contribution in [0.4, 0.5) is 8.78 Å². The number of hydrogen-bond donors (Lipinski definition) is 2. The van der Waals surface area contributed by atoms with E-state index in [1.807, 2.05) is 0 Å². The van der Waals surface area contributed by atoms with Crippen molar-refractivity contribution < 1.29 is 28.6 Å². The molecule has 1 aromatic rings. The second kappa shape index (κ2) is 4.25. The second-order valence-electron chi connectivity index (χ2n) is 3.16. The number of carboxylic acids is 2. The Labute approximate surface area is 98.7 Å². The molecule has 0 radical (unpaired) electrons. The summed E-state index contributed by atoms with van der Waals surface area (Å²) >= 11 is 4.74. The van der Waals surface area contributed by atoms with E-state index < -0.39 is 34.3 Å². The molecule has 0 aliphatic heterocycles. The monoisotopic (exact) mass is 265 g/mol. The maximum Gasteiger partial charge on any atom is 0.365 e. The molecule has 0 fully saturated rings. The maximum absolute atomic E-state index is 12.9. The molecule has 1 aromatic heterocycles. The lowest BCUT2D eigenvalue weighted by Gasteiger charge is -2.12. The average Bonchev–Trinajstić information content (AvgIpc) is 2.14.